The Kier molecular flexibility index (Phi) is 9.59. The van der Waals surface area contributed by atoms with Gasteiger partial charge in [-0.2, -0.15) is 8.42 Å². The number of nitrogens with zero attached hydrogens (tertiary/aromatic N) is 4. The van der Waals surface area contributed by atoms with Gasteiger partial charge in [-0.3, -0.25) is 14.6 Å². The summed E-state index contributed by atoms with van der Waals surface area (Å²) < 4.78 is 41.7. The smallest absolute Gasteiger partial charge is 0.323 e. The zero-order valence-electron chi connectivity index (χ0n) is 28.3. The van der Waals surface area contributed by atoms with Crippen molar-refractivity contribution in [2.24, 2.45) is 7.05 Å². The molecule has 0 radical (unpaired) electrons. The Hall–Kier alpha value is -4.98. The molecule has 256 valence electrons. The molecule has 0 unspecified atom stereocenters. The number of anilines is 3. The first kappa shape index (κ1) is 33.9. The van der Waals surface area contributed by atoms with E-state index in [0.29, 0.717) is 11.4 Å². The van der Waals surface area contributed by atoms with E-state index in [4.69, 9.17) is 14.5 Å². The lowest BCUT2D eigenvalue weighted by atomic mass is 9.86. The fourth-order valence-electron chi connectivity index (χ4n) is 5.78. The summed E-state index contributed by atoms with van der Waals surface area (Å²) in [6.45, 7) is 10.1. The number of urea groups is 1. The Balaban J connectivity index is 1.26. The number of nitrogens with one attached hydrogen (secondary N) is 3. The first-order valence-electron chi connectivity index (χ1n) is 16.0. The molecule has 13 heteroatoms. The number of morpholine rings is 1. The lowest BCUT2D eigenvalue weighted by Gasteiger charge is -2.26. The molecule has 0 spiro atoms. The van der Waals surface area contributed by atoms with Crippen molar-refractivity contribution in [1.29, 1.82) is 0 Å². The molecule has 0 atom stereocenters. The SMILES string of the molecule is COc1c(NC(=O)Nc2ccc(-c3ccc(CN4CCOCC4)nc3)c3ccccc23)cc(C(C)(C)C)cc1NS(=O)(=O)c1cn(C)cn1. The minimum Gasteiger partial charge on any atom is -0.492 e. The van der Waals surface area contributed by atoms with Crippen molar-refractivity contribution in [2.75, 3.05) is 48.8 Å². The molecule has 1 aliphatic heterocycles. The quantitative estimate of drug-likeness (QED) is 0.167. The van der Waals surface area contributed by atoms with E-state index >= 15 is 0 Å². The largest absolute Gasteiger partial charge is 0.492 e. The van der Waals surface area contributed by atoms with Gasteiger partial charge in [0, 0.05) is 50.0 Å². The molecule has 0 saturated carbocycles. The van der Waals surface area contributed by atoms with Crippen molar-refractivity contribution in [3.8, 4) is 16.9 Å². The molecule has 1 saturated heterocycles. The van der Waals surface area contributed by atoms with Crippen LogP contribution < -0.4 is 20.1 Å². The van der Waals surface area contributed by atoms with E-state index in [9.17, 15) is 13.2 Å². The molecule has 2 aromatic heterocycles. The third-order valence-electron chi connectivity index (χ3n) is 8.41. The molecule has 0 bridgehead atoms. The van der Waals surface area contributed by atoms with Crippen molar-refractivity contribution in [3.63, 3.8) is 0 Å². The molecule has 3 aromatic carbocycles. The predicted molar refractivity (Wildman–Crippen MR) is 192 cm³/mol. The van der Waals surface area contributed by atoms with Crippen molar-refractivity contribution < 1.29 is 22.7 Å². The van der Waals surface area contributed by atoms with E-state index in [1.807, 2.05) is 63.4 Å². The maximum absolute atomic E-state index is 13.6. The maximum Gasteiger partial charge on any atom is 0.323 e. The van der Waals surface area contributed by atoms with Gasteiger partial charge in [0.15, 0.2) is 10.8 Å². The van der Waals surface area contributed by atoms with Gasteiger partial charge in [0.25, 0.3) is 10.0 Å². The number of methoxy groups -OCH3 is 1. The predicted octanol–water partition coefficient (Wildman–Crippen LogP) is 6.22. The highest BCUT2D eigenvalue weighted by Crippen LogP contribution is 2.40. The second-order valence-electron chi connectivity index (χ2n) is 13.0. The van der Waals surface area contributed by atoms with Crippen LogP contribution in [0.5, 0.6) is 5.75 Å². The monoisotopic (exact) mass is 683 g/mol. The average molecular weight is 684 g/mol. The van der Waals surface area contributed by atoms with Crippen LogP contribution in [-0.4, -0.2) is 67.3 Å². The van der Waals surface area contributed by atoms with E-state index in [0.717, 1.165) is 66.0 Å². The lowest BCUT2D eigenvalue weighted by Crippen LogP contribution is -2.35. The van der Waals surface area contributed by atoms with Crippen LogP contribution in [0.25, 0.3) is 21.9 Å². The zero-order valence-corrected chi connectivity index (χ0v) is 29.1. The third-order valence-corrected chi connectivity index (χ3v) is 9.66. The van der Waals surface area contributed by atoms with Crippen LogP contribution in [0, 0.1) is 0 Å². The number of carbonyl (C=O) groups is 1. The number of rotatable bonds is 9. The number of fused-ring (bicyclic) bond motifs is 1. The van der Waals surface area contributed by atoms with Crippen LogP contribution >= 0.6 is 0 Å². The van der Waals surface area contributed by atoms with Crippen molar-refractivity contribution in [1.82, 2.24) is 19.4 Å². The summed E-state index contributed by atoms with van der Waals surface area (Å²) in [5.41, 5.74) is 4.46. The van der Waals surface area contributed by atoms with Gasteiger partial charge >= 0.3 is 6.03 Å². The number of ether oxygens (including phenoxy) is 2. The summed E-state index contributed by atoms with van der Waals surface area (Å²) in [5, 5.41) is 7.55. The molecule has 6 rings (SSSR count). The molecule has 49 heavy (non-hydrogen) atoms. The van der Waals surface area contributed by atoms with Crippen LogP contribution in [0.4, 0.5) is 21.9 Å². The summed E-state index contributed by atoms with van der Waals surface area (Å²) in [4.78, 5) is 24.6. The standard InChI is InChI=1S/C36H41N7O5S/c1-36(2,3)25-18-31(34(47-5)32(19-25)41-49(45,46)33-22-42(4)23-38-33)40-35(44)39-30-13-12-27(28-8-6-7-9-29(28)30)24-10-11-26(37-20-24)21-43-14-16-48-17-15-43/h6-13,18-20,22-23,41H,14-17,21H2,1-5H3,(H2,39,40,44). The van der Waals surface area contributed by atoms with Gasteiger partial charge in [-0.1, -0.05) is 57.2 Å². The second-order valence-corrected chi connectivity index (χ2v) is 14.7. The Morgan fingerprint density at radius 2 is 1.65 bits per heavy atom. The van der Waals surface area contributed by atoms with E-state index in [-0.39, 0.29) is 21.9 Å². The number of carbonyl (C=O) groups excluding carboxylic acids is 1. The molecule has 0 aliphatic carbocycles. The van der Waals surface area contributed by atoms with Gasteiger partial charge in [0.1, 0.15) is 0 Å². The fourth-order valence-corrected chi connectivity index (χ4v) is 6.81. The lowest BCUT2D eigenvalue weighted by molar-refractivity contribution is 0.0336. The van der Waals surface area contributed by atoms with Crippen molar-refractivity contribution >= 4 is 43.9 Å². The Morgan fingerprint density at radius 3 is 2.31 bits per heavy atom. The zero-order chi connectivity index (χ0) is 34.8. The number of hydrogen-bond acceptors (Lipinski definition) is 8. The summed E-state index contributed by atoms with van der Waals surface area (Å²) in [6.07, 6.45) is 4.71. The average Bonchev–Trinajstić information content (AvgIpc) is 3.52. The summed E-state index contributed by atoms with van der Waals surface area (Å²) >= 11 is 0. The normalized spacial score (nSPS) is 14.1. The minimum atomic E-state index is -4.04. The highest BCUT2D eigenvalue weighted by Gasteiger charge is 2.25. The number of sulfonamides is 1. The van der Waals surface area contributed by atoms with Crippen LogP contribution in [0.2, 0.25) is 0 Å². The molecule has 1 aliphatic rings. The highest BCUT2D eigenvalue weighted by molar-refractivity contribution is 7.92. The molecular formula is C36H41N7O5S. The van der Waals surface area contributed by atoms with E-state index in [1.165, 1.54) is 19.6 Å². The summed E-state index contributed by atoms with van der Waals surface area (Å²) in [7, 11) is -0.936. The van der Waals surface area contributed by atoms with E-state index in [1.54, 1.807) is 23.7 Å². The molecule has 2 amide bonds. The Labute approximate surface area is 286 Å². The maximum atomic E-state index is 13.6. The molecule has 3 heterocycles. The van der Waals surface area contributed by atoms with Gasteiger partial charge in [-0.25, -0.2) is 9.78 Å². The van der Waals surface area contributed by atoms with Gasteiger partial charge < -0.3 is 24.7 Å². The molecular weight excluding hydrogens is 643 g/mol. The fraction of sp³-hybridized carbons (Fsp3) is 0.306. The van der Waals surface area contributed by atoms with Crippen LogP contribution in [0.15, 0.2) is 84.4 Å². The van der Waals surface area contributed by atoms with E-state index in [2.05, 4.69) is 37.4 Å². The van der Waals surface area contributed by atoms with Crippen LogP contribution in [0.3, 0.4) is 0 Å². The summed E-state index contributed by atoms with van der Waals surface area (Å²) in [5.74, 6) is 0.160. The van der Waals surface area contributed by atoms with Crippen LogP contribution in [-0.2, 0) is 33.8 Å². The van der Waals surface area contributed by atoms with Crippen molar-refractivity contribution in [2.45, 2.75) is 37.8 Å². The number of pyridine rings is 1. The number of amides is 2. The summed E-state index contributed by atoms with van der Waals surface area (Å²) in [6, 6.07) is 18.8. The van der Waals surface area contributed by atoms with E-state index < -0.39 is 16.1 Å². The topological polar surface area (TPSA) is 140 Å². The van der Waals surface area contributed by atoms with Crippen molar-refractivity contribution in [3.05, 3.63) is 90.6 Å². The Morgan fingerprint density at radius 1 is 0.939 bits per heavy atom. The first-order chi connectivity index (χ1) is 23.4. The first-order valence-corrected chi connectivity index (χ1v) is 17.5. The molecule has 12 nitrogen and oxygen atoms in total. The second kappa shape index (κ2) is 13.9. The number of aryl methyl sites for hydroxylation is 1. The number of hydrogen-bond donors (Lipinski definition) is 3. The third kappa shape index (κ3) is 7.69. The molecule has 1 fully saturated rings. The minimum absolute atomic E-state index is 0.138. The van der Waals surface area contributed by atoms with Gasteiger partial charge in [-0.15, -0.1) is 0 Å². The highest BCUT2D eigenvalue weighted by atomic mass is 32.2. The van der Waals surface area contributed by atoms with Gasteiger partial charge in [0.2, 0.25) is 0 Å². The number of benzene rings is 3. The van der Waals surface area contributed by atoms with Gasteiger partial charge in [-0.05, 0) is 46.2 Å². The molecule has 5 aromatic rings. The van der Waals surface area contributed by atoms with Crippen LogP contribution in [0.1, 0.15) is 32.0 Å². The molecule has 3 N–H and O–H groups in total. The number of aromatic nitrogens is 3. The Bertz CT molecular complexity index is 2080. The number of imidazole rings is 1. The van der Waals surface area contributed by atoms with Gasteiger partial charge in [0.05, 0.1) is 49.4 Å².